The van der Waals surface area contributed by atoms with E-state index in [1.54, 1.807) is 9.47 Å². The normalized spacial score (nSPS) is 17.2. The van der Waals surface area contributed by atoms with Crippen LogP contribution in [0.25, 0.3) is 10.2 Å². The van der Waals surface area contributed by atoms with Gasteiger partial charge in [-0.05, 0) is 25.3 Å². The van der Waals surface area contributed by atoms with Crippen LogP contribution in [0.1, 0.15) is 46.7 Å². The molecule has 0 bridgehead atoms. The highest BCUT2D eigenvalue weighted by molar-refractivity contribution is 7.20. The summed E-state index contributed by atoms with van der Waals surface area (Å²) in [7, 11) is 0. The molecule has 0 saturated carbocycles. The van der Waals surface area contributed by atoms with Crippen LogP contribution in [0.4, 0.5) is 0 Å². The first-order valence-electron chi connectivity index (χ1n) is 11.1. The number of nitrogens with zero attached hydrogens (tertiary/aromatic N) is 5. The minimum absolute atomic E-state index is 0.0217. The summed E-state index contributed by atoms with van der Waals surface area (Å²) in [4.78, 5) is 36.7. The van der Waals surface area contributed by atoms with E-state index in [2.05, 4.69) is 11.0 Å². The van der Waals surface area contributed by atoms with Gasteiger partial charge in [-0.2, -0.15) is 5.26 Å². The van der Waals surface area contributed by atoms with Crippen LogP contribution in [0.3, 0.4) is 0 Å². The first-order valence-corrected chi connectivity index (χ1v) is 11.9. The molecule has 31 heavy (non-hydrogen) atoms. The third-order valence-corrected chi connectivity index (χ3v) is 7.35. The van der Waals surface area contributed by atoms with E-state index in [0.29, 0.717) is 47.9 Å². The van der Waals surface area contributed by atoms with Crippen molar-refractivity contribution in [1.29, 1.82) is 5.26 Å². The number of hydrogen-bond donors (Lipinski definition) is 0. The Hall–Kier alpha value is -2.28. The maximum atomic E-state index is 13.4. The van der Waals surface area contributed by atoms with E-state index in [9.17, 15) is 9.59 Å². The third-order valence-electron chi connectivity index (χ3n) is 6.18. The van der Waals surface area contributed by atoms with Crippen LogP contribution in [0.2, 0.25) is 0 Å². The van der Waals surface area contributed by atoms with Gasteiger partial charge < -0.3 is 9.64 Å². The summed E-state index contributed by atoms with van der Waals surface area (Å²) < 4.78 is 7.20. The second-order valence-corrected chi connectivity index (χ2v) is 9.19. The van der Waals surface area contributed by atoms with Gasteiger partial charge >= 0.3 is 0 Å². The zero-order valence-corrected chi connectivity index (χ0v) is 18.9. The Labute approximate surface area is 186 Å². The topological polar surface area (TPSA) is 91.5 Å². The molecule has 0 aromatic carbocycles. The Morgan fingerprint density at radius 1 is 1.23 bits per heavy atom. The van der Waals surface area contributed by atoms with Gasteiger partial charge in [-0.3, -0.25) is 19.1 Å². The fourth-order valence-electron chi connectivity index (χ4n) is 4.34. The van der Waals surface area contributed by atoms with Crippen molar-refractivity contribution in [2.75, 3.05) is 45.9 Å². The van der Waals surface area contributed by atoms with E-state index in [1.165, 1.54) is 11.3 Å². The van der Waals surface area contributed by atoms with Gasteiger partial charge in [0.1, 0.15) is 10.7 Å². The lowest BCUT2D eigenvalue weighted by Crippen LogP contribution is -2.43. The molecule has 1 saturated heterocycles. The van der Waals surface area contributed by atoms with Crippen molar-refractivity contribution >= 4 is 27.5 Å². The maximum Gasteiger partial charge on any atom is 0.264 e. The van der Waals surface area contributed by atoms with Gasteiger partial charge in [0, 0.05) is 45.7 Å². The average Bonchev–Trinajstić information content (AvgIpc) is 2.95. The van der Waals surface area contributed by atoms with Crippen molar-refractivity contribution in [2.24, 2.45) is 0 Å². The SMILES string of the molecule is Cc1c(C(=O)N(CCC#N)CCN2CCOCC2)sc2nc3n(c(=O)c12)CCCCC3. The highest BCUT2D eigenvalue weighted by Gasteiger charge is 2.25. The number of thiophene rings is 1. The van der Waals surface area contributed by atoms with Gasteiger partial charge in [0.2, 0.25) is 0 Å². The van der Waals surface area contributed by atoms with Crippen molar-refractivity contribution in [3.8, 4) is 6.07 Å². The Kier molecular flexibility index (Phi) is 7.00. The minimum Gasteiger partial charge on any atom is -0.379 e. The molecule has 2 aromatic rings. The quantitative estimate of drug-likeness (QED) is 0.680. The van der Waals surface area contributed by atoms with Gasteiger partial charge in [0.15, 0.2) is 0 Å². The molecule has 0 aliphatic carbocycles. The number of hydrogen-bond acceptors (Lipinski definition) is 7. The van der Waals surface area contributed by atoms with Crippen LogP contribution < -0.4 is 5.56 Å². The van der Waals surface area contributed by atoms with Crippen molar-refractivity contribution in [3.05, 3.63) is 26.6 Å². The monoisotopic (exact) mass is 443 g/mol. The summed E-state index contributed by atoms with van der Waals surface area (Å²) in [5.41, 5.74) is 0.696. The summed E-state index contributed by atoms with van der Waals surface area (Å²) in [5.74, 6) is 0.729. The molecule has 0 N–H and O–H groups in total. The molecule has 1 fully saturated rings. The van der Waals surface area contributed by atoms with Crippen LogP contribution in [0.5, 0.6) is 0 Å². The van der Waals surface area contributed by atoms with E-state index in [0.717, 1.165) is 56.7 Å². The molecule has 166 valence electrons. The molecule has 2 aliphatic rings. The van der Waals surface area contributed by atoms with Crippen molar-refractivity contribution in [2.45, 2.75) is 45.6 Å². The van der Waals surface area contributed by atoms with Gasteiger partial charge in [0.25, 0.3) is 11.5 Å². The summed E-state index contributed by atoms with van der Waals surface area (Å²) in [6, 6.07) is 2.15. The van der Waals surface area contributed by atoms with Crippen LogP contribution in [-0.2, 0) is 17.7 Å². The standard InChI is InChI=1S/C22H29N5O3S/c1-16-18-20(24-17-6-3-2-4-9-27(17)21(18)28)31-19(16)22(29)26(8-5-7-23)11-10-25-12-14-30-15-13-25/h2-6,8-15H2,1H3. The number of carbonyl (C=O) groups excluding carboxylic acids is 1. The lowest BCUT2D eigenvalue weighted by molar-refractivity contribution is 0.0326. The number of carbonyl (C=O) groups is 1. The predicted octanol–water partition coefficient (Wildman–Crippen LogP) is 2.18. The van der Waals surface area contributed by atoms with E-state index in [1.807, 2.05) is 6.92 Å². The van der Waals surface area contributed by atoms with Gasteiger partial charge in [-0.25, -0.2) is 4.98 Å². The molecule has 0 unspecified atom stereocenters. The van der Waals surface area contributed by atoms with Crippen molar-refractivity contribution < 1.29 is 9.53 Å². The molecular formula is C22H29N5O3S. The number of amides is 1. The number of aromatic nitrogens is 2. The lowest BCUT2D eigenvalue weighted by atomic mass is 10.2. The van der Waals surface area contributed by atoms with Gasteiger partial charge in [0.05, 0.1) is 36.0 Å². The maximum absolute atomic E-state index is 13.4. The van der Waals surface area contributed by atoms with Gasteiger partial charge in [-0.1, -0.05) is 6.42 Å². The summed E-state index contributed by atoms with van der Waals surface area (Å²) in [6.45, 7) is 7.37. The smallest absolute Gasteiger partial charge is 0.264 e. The molecule has 0 atom stereocenters. The Balaban J connectivity index is 1.62. The highest BCUT2D eigenvalue weighted by Crippen LogP contribution is 2.29. The fraction of sp³-hybridized carbons (Fsp3) is 0.636. The highest BCUT2D eigenvalue weighted by atomic mass is 32.1. The van der Waals surface area contributed by atoms with Crippen molar-refractivity contribution in [1.82, 2.24) is 19.4 Å². The Morgan fingerprint density at radius 2 is 2.03 bits per heavy atom. The van der Waals surface area contributed by atoms with E-state index >= 15 is 0 Å². The molecule has 4 rings (SSSR count). The number of aryl methyl sites for hydroxylation is 2. The number of ether oxygens (including phenoxy) is 1. The second-order valence-electron chi connectivity index (χ2n) is 8.19. The third kappa shape index (κ3) is 4.66. The largest absolute Gasteiger partial charge is 0.379 e. The van der Waals surface area contributed by atoms with Crippen LogP contribution >= 0.6 is 11.3 Å². The number of rotatable bonds is 6. The van der Waals surface area contributed by atoms with Crippen LogP contribution in [0.15, 0.2) is 4.79 Å². The molecule has 2 aliphatic heterocycles. The second kappa shape index (κ2) is 9.90. The lowest BCUT2D eigenvalue weighted by Gasteiger charge is -2.29. The van der Waals surface area contributed by atoms with Crippen LogP contribution in [0, 0.1) is 18.3 Å². The molecule has 0 radical (unpaired) electrons. The Bertz CT molecular complexity index is 1050. The molecule has 9 heteroatoms. The van der Waals surface area contributed by atoms with E-state index in [-0.39, 0.29) is 17.9 Å². The number of nitriles is 1. The fourth-order valence-corrected chi connectivity index (χ4v) is 5.50. The molecule has 1 amide bonds. The summed E-state index contributed by atoms with van der Waals surface area (Å²) >= 11 is 1.32. The zero-order valence-electron chi connectivity index (χ0n) is 18.1. The summed E-state index contributed by atoms with van der Waals surface area (Å²) in [5, 5.41) is 9.64. The first-order chi connectivity index (χ1) is 15.1. The van der Waals surface area contributed by atoms with Crippen LogP contribution in [-0.4, -0.2) is 71.2 Å². The minimum atomic E-state index is -0.108. The summed E-state index contributed by atoms with van der Waals surface area (Å²) in [6.07, 6.45) is 4.22. The van der Waals surface area contributed by atoms with E-state index in [4.69, 9.17) is 15.0 Å². The molecule has 0 spiro atoms. The van der Waals surface area contributed by atoms with Crippen molar-refractivity contribution in [3.63, 3.8) is 0 Å². The zero-order chi connectivity index (χ0) is 21.8. The van der Waals surface area contributed by atoms with E-state index < -0.39 is 0 Å². The molecule has 4 heterocycles. The predicted molar refractivity (Wildman–Crippen MR) is 120 cm³/mol. The molecular weight excluding hydrogens is 414 g/mol. The molecule has 2 aromatic heterocycles. The number of fused-ring (bicyclic) bond motifs is 2. The van der Waals surface area contributed by atoms with Gasteiger partial charge in [-0.15, -0.1) is 11.3 Å². The average molecular weight is 444 g/mol. The Morgan fingerprint density at radius 3 is 2.81 bits per heavy atom. The number of morpholine rings is 1. The first kappa shape index (κ1) is 21.9. The molecule has 8 nitrogen and oxygen atoms in total.